The molecule has 1 unspecified atom stereocenters. The summed E-state index contributed by atoms with van der Waals surface area (Å²) in [7, 11) is 3.57. The molecule has 1 saturated heterocycles. The molecule has 1 amide bonds. The van der Waals surface area contributed by atoms with Crippen molar-refractivity contribution in [3.63, 3.8) is 0 Å². The number of likely N-dealkylation sites (tertiary alicyclic amines) is 1. The van der Waals surface area contributed by atoms with Crippen LogP contribution in [0.5, 0.6) is 0 Å². The first-order valence-electron chi connectivity index (χ1n) is 11.7. The summed E-state index contributed by atoms with van der Waals surface area (Å²) in [5.74, 6) is 0.0503. The lowest BCUT2D eigenvalue weighted by molar-refractivity contribution is -0.131. The lowest BCUT2D eigenvalue weighted by Crippen LogP contribution is -2.41. The van der Waals surface area contributed by atoms with Gasteiger partial charge in [-0.15, -0.1) is 12.4 Å². The largest absolute Gasteiger partial charge is 0.382 e. The number of benzene rings is 2. The number of amides is 1. The normalized spacial score (nSPS) is 16.6. The predicted octanol–water partition coefficient (Wildman–Crippen LogP) is 4.48. The summed E-state index contributed by atoms with van der Waals surface area (Å²) in [6, 6.07) is 16.0. The second-order valence-corrected chi connectivity index (χ2v) is 9.48. The Labute approximate surface area is 225 Å². The van der Waals surface area contributed by atoms with E-state index in [2.05, 4.69) is 22.3 Å². The van der Waals surface area contributed by atoms with Crippen LogP contribution in [0.3, 0.4) is 0 Å². The van der Waals surface area contributed by atoms with Gasteiger partial charge in [-0.05, 0) is 36.2 Å². The standard InChI is InChI=1S/C26H35Cl2N3O3.ClH/c1-30(26(32)17-20-8-9-23(27)24(28)16-20)25(21-6-4-3-5-7-21)19-31-12-10-22(18-31)29-11-13-34-15-14-33-2;/h3-9,16,22,25,29H,10-15,17-19H2,1-2H3;1H/t22?,25-;/m1./s1. The molecule has 2 aromatic rings. The monoisotopic (exact) mass is 543 g/mol. The van der Waals surface area contributed by atoms with Crippen LogP contribution in [-0.4, -0.2) is 81.9 Å². The minimum Gasteiger partial charge on any atom is -0.382 e. The van der Waals surface area contributed by atoms with Gasteiger partial charge in [-0.25, -0.2) is 0 Å². The van der Waals surface area contributed by atoms with Gasteiger partial charge in [0.2, 0.25) is 5.91 Å². The van der Waals surface area contributed by atoms with E-state index < -0.39 is 0 Å². The molecule has 1 fully saturated rings. The first-order chi connectivity index (χ1) is 16.5. The Morgan fingerprint density at radius 2 is 1.91 bits per heavy atom. The van der Waals surface area contributed by atoms with Gasteiger partial charge in [0.1, 0.15) is 0 Å². The number of ether oxygens (including phenoxy) is 2. The highest BCUT2D eigenvalue weighted by molar-refractivity contribution is 6.42. The average molecular weight is 545 g/mol. The Bertz CT molecular complexity index is 904. The Morgan fingerprint density at radius 1 is 1.14 bits per heavy atom. The maximum atomic E-state index is 13.2. The van der Waals surface area contributed by atoms with E-state index in [9.17, 15) is 4.79 Å². The number of carbonyl (C=O) groups is 1. The zero-order valence-electron chi connectivity index (χ0n) is 20.4. The summed E-state index contributed by atoms with van der Waals surface area (Å²) < 4.78 is 10.5. The number of halogens is 3. The van der Waals surface area contributed by atoms with Gasteiger partial charge in [0, 0.05) is 39.8 Å². The first-order valence-corrected chi connectivity index (χ1v) is 12.5. The predicted molar refractivity (Wildman–Crippen MR) is 145 cm³/mol. The number of nitrogens with zero attached hydrogens (tertiary/aromatic N) is 2. The van der Waals surface area contributed by atoms with Crippen molar-refractivity contribution >= 4 is 41.5 Å². The maximum Gasteiger partial charge on any atom is 0.227 e. The summed E-state index contributed by atoms with van der Waals surface area (Å²) >= 11 is 12.2. The van der Waals surface area contributed by atoms with Crippen LogP contribution in [0, 0.1) is 0 Å². The second-order valence-electron chi connectivity index (χ2n) is 8.66. The van der Waals surface area contributed by atoms with Gasteiger partial charge in [-0.3, -0.25) is 9.69 Å². The lowest BCUT2D eigenvalue weighted by atomic mass is 10.0. The number of hydrogen-bond donors (Lipinski definition) is 1. The third kappa shape index (κ3) is 9.54. The Morgan fingerprint density at radius 3 is 2.63 bits per heavy atom. The lowest BCUT2D eigenvalue weighted by Gasteiger charge is -2.32. The van der Waals surface area contributed by atoms with Crippen LogP contribution in [0.15, 0.2) is 48.5 Å². The molecule has 9 heteroatoms. The van der Waals surface area contributed by atoms with Crippen molar-refractivity contribution in [1.29, 1.82) is 0 Å². The highest BCUT2D eigenvalue weighted by Gasteiger charge is 2.28. The molecule has 0 bridgehead atoms. The minimum atomic E-state index is -0.0346. The number of likely N-dealkylation sites (N-methyl/N-ethyl adjacent to an activating group) is 1. The molecule has 6 nitrogen and oxygen atoms in total. The molecule has 1 heterocycles. The number of rotatable bonds is 13. The molecule has 3 rings (SSSR count). The molecule has 1 N–H and O–H groups in total. The van der Waals surface area contributed by atoms with E-state index in [4.69, 9.17) is 32.7 Å². The minimum absolute atomic E-state index is 0. The molecule has 1 aliphatic heterocycles. The van der Waals surface area contributed by atoms with Crippen molar-refractivity contribution in [3.05, 3.63) is 69.7 Å². The fourth-order valence-corrected chi connectivity index (χ4v) is 4.56. The van der Waals surface area contributed by atoms with E-state index in [0.29, 0.717) is 35.9 Å². The topological polar surface area (TPSA) is 54.0 Å². The van der Waals surface area contributed by atoms with Crippen molar-refractivity contribution in [3.8, 4) is 0 Å². The van der Waals surface area contributed by atoms with Crippen LogP contribution in [-0.2, 0) is 20.7 Å². The van der Waals surface area contributed by atoms with E-state index in [1.807, 2.05) is 36.2 Å². The molecule has 1 aliphatic rings. The highest BCUT2D eigenvalue weighted by atomic mass is 35.5. The third-order valence-electron chi connectivity index (χ3n) is 6.20. The van der Waals surface area contributed by atoms with Crippen LogP contribution in [0.25, 0.3) is 0 Å². The fraction of sp³-hybridized carbons (Fsp3) is 0.500. The summed E-state index contributed by atoms with van der Waals surface area (Å²) in [5, 5.41) is 4.54. The molecular formula is C26H36Cl3N3O3. The van der Waals surface area contributed by atoms with Crippen molar-refractivity contribution in [2.45, 2.75) is 24.9 Å². The average Bonchev–Trinajstić information content (AvgIpc) is 3.29. The zero-order valence-corrected chi connectivity index (χ0v) is 22.7. The summed E-state index contributed by atoms with van der Waals surface area (Å²) in [5.41, 5.74) is 1.99. The Kier molecular flexibility index (Phi) is 13.4. The van der Waals surface area contributed by atoms with Crippen LogP contribution >= 0.6 is 35.6 Å². The highest BCUT2D eigenvalue weighted by Crippen LogP contribution is 2.26. The number of carbonyl (C=O) groups excluding carboxylic acids is 1. The van der Waals surface area contributed by atoms with Crippen molar-refractivity contribution in [2.24, 2.45) is 0 Å². The zero-order chi connectivity index (χ0) is 24.3. The molecule has 0 aliphatic carbocycles. The van der Waals surface area contributed by atoms with E-state index in [1.165, 1.54) is 0 Å². The Balaban J connectivity index is 0.00000432. The maximum absolute atomic E-state index is 13.2. The smallest absolute Gasteiger partial charge is 0.227 e. The summed E-state index contributed by atoms with van der Waals surface area (Å²) in [6.45, 7) is 5.49. The van der Waals surface area contributed by atoms with Gasteiger partial charge in [-0.1, -0.05) is 59.6 Å². The summed E-state index contributed by atoms with van der Waals surface area (Å²) in [6.07, 6.45) is 1.37. The number of nitrogens with one attached hydrogen (secondary N) is 1. The van der Waals surface area contributed by atoms with Gasteiger partial charge in [0.15, 0.2) is 0 Å². The van der Waals surface area contributed by atoms with Gasteiger partial charge < -0.3 is 19.7 Å². The van der Waals surface area contributed by atoms with Crippen LogP contribution in [0.2, 0.25) is 10.0 Å². The van der Waals surface area contributed by atoms with Gasteiger partial charge in [-0.2, -0.15) is 0 Å². The molecule has 0 spiro atoms. The van der Waals surface area contributed by atoms with Crippen LogP contribution in [0.1, 0.15) is 23.6 Å². The van der Waals surface area contributed by atoms with Crippen molar-refractivity contribution in [2.75, 3.05) is 60.2 Å². The van der Waals surface area contributed by atoms with E-state index >= 15 is 0 Å². The second kappa shape index (κ2) is 15.7. The molecular weight excluding hydrogens is 509 g/mol. The number of hydrogen-bond acceptors (Lipinski definition) is 5. The van der Waals surface area contributed by atoms with Crippen molar-refractivity contribution < 1.29 is 14.3 Å². The van der Waals surface area contributed by atoms with E-state index in [-0.39, 0.29) is 30.8 Å². The molecule has 2 atom stereocenters. The fourth-order valence-electron chi connectivity index (χ4n) is 4.24. The van der Waals surface area contributed by atoms with Gasteiger partial charge in [0.25, 0.3) is 0 Å². The van der Waals surface area contributed by atoms with Gasteiger partial charge >= 0.3 is 0 Å². The number of methoxy groups -OCH3 is 1. The van der Waals surface area contributed by atoms with Crippen LogP contribution in [0.4, 0.5) is 0 Å². The molecule has 0 aromatic heterocycles. The summed E-state index contributed by atoms with van der Waals surface area (Å²) in [4.78, 5) is 17.5. The van der Waals surface area contributed by atoms with Gasteiger partial charge in [0.05, 0.1) is 42.3 Å². The molecule has 0 saturated carbocycles. The quantitative estimate of drug-likeness (QED) is 0.377. The van der Waals surface area contributed by atoms with Crippen molar-refractivity contribution in [1.82, 2.24) is 15.1 Å². The van der Waals surface area contributed by atoms with E-state index in [0.717, 1.165) is 43.7 Å². The first kappa shape index (κ1) is 29.8. The van der Waals surface area contributed by atoms with Crippen LogP contribution < -0.4 is 5.32 Å². The van der Waals surface area contributed by atoms with E-state index in [1.54, 1.807) is 19.2 Å². The molecule has 194 valence electrons. The third-order valence-corrected chi connectivity index (χ3v) is 6.94. The Hall–Kier alpha value is -1.38. The molecule has 2 aromatic carbocycles. The SMILES string of the molecule is COCCOCCNC1CCN(C[C@H](c2ccccc2)N(C)C(=O)Cc2ccc(Cl)c(Cl)c2)C1.Cl. The molecule has 0 radical (unpaired) electrons. The molecule has 35 heavy (non-hydrogen) atoms.